The second-order valence-corrected chi connectivity index (χ2v) is 6.64. The van der Waals surface area contributed by atoms with Crippen molar-refractivity contribution in [3.8, 4) is 10.7 Å². The van der Waals surface area contributed by atoms with Crippen molar-refractivity contribution >= 4 is 28.9 Å². The average Bonchev–Trinajstić information content (AvgIpc) is 3.28. The second-order valence-electron chi connectivity index (χ2n) is 4.70. The van der Waals surface area contributed by atoms with Gasteiger partial charge in [-0.1, -0.05) is 6.07 Å². The third-order valence-electron chi connectivity index (χ3n) is 3.11. The van der Waals surface area contributed by atoms with E-state index in [4.69, 9.17) is 5.84 Å². The zero-order valence-corrected chi connectivity index (χ0v) is 13.7. The Bertz CT molecular complexity index is 1040. The van der Waals surface area contributed by atoms with Gasteiger partial charge in [0.25, 0.3) is 5.78 Å². The van der Waals surface area contributed by atoms with Gasteiger partial charge in [0.1, 0.15) is 11.4 Å². The van der Waals surface area contributed by atoms with Crippen LogP contribution in [0.4, 0.5) is 13.2 Å². The van der Waals surface area contributed by atoms with E-state index in [-0.39, 0.29) is 16.0 Å². The number of alkyl halides is 3. The first kappa shape index (κ1) is 15.8. The van der Waals surface area contributed by atoms with E-state index in [2.05, 4.69) is 25.3 Å². The van der Waals surface area contributed by atoms with Crippen LogP contribution in [0.1, 0.15) is 5.69 Å². The van der Waals surface area contributed by atoms with Crippen LogP contribution in [0.2, 0.25) is 0 Å². The minimum absolute atomic E-state index is 0.117. The van der Waals surface area contributed by atoms with Crippen LogP contribution in [0.3, 0.4) is 0 Å². The lowest BCUT2D eigenvalue weighted by Crippen LogP contribution is -2.13. The van der Waals surface area contributed by atoms with Crippen LogP contribution in [0.5, 0.6) is 0 Å². The number of nitrogen functional groups attached to an aromatic ring is 1. The van der Waals surface area contributed by atoms with Gasteiger partial charge in [-0.3, -0.25) is 0 Å². The molecule has 0 aliphatic carbocycles. The van der Waals surface area contributed by atoms with Gasteiger partial charge in [-0.25, -0.2) is 9.66 Å². The van der Waals surface area contributed by atoms with Crippen LogP contribution in [0.25, 0.3) is 16.5 Å². The first-order chi connectivity index (χ1) is 11.9. The first-order valence-electron chi connectivity index (χ1n) is 6.63. The number of nitrogens with two attached hydrogens (primary N) is 1. The third kappa shape index (κ3) is 2.80. The molecule has 0 aliphatic heterocycles. The summed E-state index contributed by atoms with van der Waals surface area (Å²) in [7, 11) is 0. The second kappa shape index (κ2) is 5.70. The van der Waals surface area contributed by atoms with E-state index in [0.717, 1.165) is 29.0 Å². The topological polar surface area (TPSA) is 99.8 Å². The molecule has 0 spiro atoms. The monoisotopic (exact) mass is 384 g/mol. The highest BCUT2D eigenvalue weighted by molar-refractivity contribution is 7.99. The van der Waals surface area contributed by atoms with Crippen molar-refractivity contribution in [3.63, 3.8) is 0 Å². The van der Waals surface area contributed by atoms with E-state index >= 15 is 0 Å². The van der Waals surface area contributed by atoms with Gasteiger partial charge in [-0.2, -0.15) is 27.8 Å². The average molecular weight is 384 g/mol. The summed E-state index contributed by atoms with van der Waals surface area (Å²) in [6.07, 6.45) is -3.49. The van der Waals surface area contributed by atoms with Gasteiger partial charge in [0.15, 0.2) is 11.5 Å². The molecule has 0 unspecified atom stereocenters. The summed E-state index contributed by atoms with van der Waals surface area (Å²) < 4.78 is 41.5. The van der Waals surface area contributed by atoms with Gasteiger partial charge in [0, 0.05) is 6.07 Å². The molecular formula is C12H7F3N8S2. The number of nitrogens with zero attached hydrogens (tertiary/aromatic N) is 7. The van der Waals surface area contributed by atoms with Gasteiger partial charge in [-0.05, 0) is 23.2 Å². The highest BCUT2D eigenvalue weighted by atomic mass is 32.2. The normalized spacial score (nSPS) is 12.1. The molecule has 0 aromatic carbocycles. The highest BCUT2D eigenvalue weighted by Gasteiger charge is 2.34. The molecule has 13 heteroatoms. The Morgan fingerprint density at radius 1 is 1.24 bits per heavy atom. The first-order valence-corrected chi connectivity index (χ1v) is 8.33. The van der Waals surface area contributed by atoms with Crippen LogP contribution in [0, 0.1) is 0 Å². The fourth-order valence-corrected chi connectivity index (χ4v) is 3.56. The van der Waals surface area contributed by atoms with Crippen LogP contribution in [0.15, 0.2) is 40.1 Å². The van der Waals surface area contributed by atoms with Crippen molar-refractivity contribution < 1.29 is 13.2 Å². The van der Waals surface area contributed by atoms with E-state index in [1.54, 1.807) is 0 Å². The van der Waals surface area contributed by atoms with Crippen LogP contribution in [-0.2, 0) is 6.18 Å². The Morgan fingerprint density at radius 2 is 2.08 bits per heavy atom. The van der Waals surface area contributed by atoms with Crippen LogP contribution in [-0.4, -0.2) is 34.5 Å². The molecule has 128 valence electrons. The summed E-state index contributed by atoms with van der Waals surface area (Å²) in [5.41, 5.74) is -1.07. The molecule has 0 aliphatic rings. The molecule has 0 radical (unpaired) electrons. The van der Waals surface area contributed by atoms with E-state index in [1.165, 1.54) is 20.5 Å². The Labute approximate surface area is 145 Å². The third-order valence-corrected chi connectivity index (χ3v) is 4.94. The van der Waals surface area contributed by atoms with Gasteiger partial charge >= 0.3 is 6.18 Å². The lowest BCUT2D eigenvalue weighted by atomic mass is 10.4. The molecule has 0 bridgehead atoms. The van der Waals surface area contributed by atoms with Crippen molar-refractivity contribution in [3.05, 3.63) is 35.6 Å². The van der Waals surface area contributed by atoms with Crippen molar-refractivity contribution in [1.82, 2.24) is 34.5 Å². The number of halogens is 3. The van der Waals surface area contributed by atoms with Gasteiger partial charge in [0.05, 0.1) is 4.88 Å². The molecule has 4 aromatic rings. The highest BCUT2D eigenvalue weighted by Crippen LogP contribution is 2.33. The fourth-order valence-electron chi connectivity index (χ4n) is 2.02. The smallest absolute Gasteiger partial charge is 0.335 e. The van der Waals surface area contributed by atoms with Crippen molar-refractivity contribution in [1.29, 1.82) is 0 Å². The maximum absolute atomic E-state index is 13.0. The Morgan fingerprint density at radius 3 is 2.80 bits per heavy atom. The van der Waals surface area contributed by atoms with Crippen LogP contribution < -0.4 is 5.84 Å². The lowest BCUT2D eigenvalue weighted by Gasteiger charge is -2.09. The molecule has 0 atom stereocenters. The SMILES string of the molecule is Nn1c(Sc2cc(C(F)(F)F)nc3ncnn23)nnc1-c1cccs1. The number of fused-ring (bicyclic) bond motifs is 1. The summed E-state index contributed by atoms with van der Waals surface area (Å²) in [6, 6.07) is 4.51. The molecule has 4 aromatic heterocycles. The van der Waals surface area contributed by atoms with Crippen LogP contribution >= 0.6 is 23.1 Å². The Hall–Kier alpha value is -2.67. The predicted molar refractivity (Wildman–Crippen MR) is 83.4 cm³/mol. The molecule has 0 saturated carbocycles. The molecule has 25 heavy (non-hydrogen) atoms. The van der Waals surface area contributed by atoms with E-state index in [0.29, 0.717) is 5.82 Å². The molecule has 0 fully saturated rings. The maximum atomic E-state index is 13.0. The Balaban J connectivity index is 1.77. The summed E-state index contributed by atoms with van der Waals surface area (Å²) in [5.74, 6) is 6.23. The fraction of sp³-hybridized carbons (Fsp3) is 0.0833. The number of thiophene rings is 1. The van der Waals surface area contributed by atoms with Crippen molar-refractivity contribution in [2.75, 3.05) is 5.84 Å². The lowest BCUT2D eigenvalue weighted by molar-refractivity contribution is -0.141. The molecule has 4 rings (SSSR count). The summed E-state index contributed by atoms with van der Waals surface area (Å²) in [5, 5.41) is 14.0. The largest absolute Gasteiger partial charge is 0.433 e. The van der Waals surface area contributed by atoms with E-state index in [1.807, 2.05) is 17.5 Å². The minimum Gasteiger partial charge on any atom is -0.335 e. The number of rotatable bonds is 3. The summed E-state index contributed by atoms with van der Waals surface area (Å²) >= 11 is 2.31. The molecule has 0 amide bonds. The van der Waals surface area contributed by atoms with E-state index < -0.39 is 11.9 Å². The van der Waals surface area contributed by atoms with Gasteiger partial charge in [-0.15, -0.1) is 21.5 Å². The predicted octanol–water partition coefficient (Wildman–Crippen LogP) is 2.33. The van der Waals surface area contributed by atoms with Crippen molar-refractivity contribution in [2.24, 2.45) is 0 Å². The molecular weight excluding hydrogens is 377 g/mol. The van der Waals surface area contributed by atoms with E-state index in [9.17, 15) is 13.2 Å². The maximum Gasteiger partial charge on any atom is 0.433 e. The molecule has 2 N–H and O–H groups in total. The molecule has 0 saturated heterocycles. The zero-order chi connectivity index (χ0) is 17.6. The quantitative estimate of drug-likeness (QED) is 0.427. The number of hydrogen-bond donors (Lipinski definition) is 1. The standard InChI is InChI=1S/C12H7F3N8S2/c13-12(14,15)7-4-8(23-10(19-7)17-5-18-23)25-11-21-20-9(22(11)16)6-2-1-3-24-6/h1-5H,16H2. The van der Waals surface area contributed by atoms with Crippen molar-refractivity contribution in [2.45, 2.75) is 16.4 Å². The number of hydrogen-bond acceptors (Lipinski definition) is 8. The number of aromatic nitrogens is 7. The molecule has 8 nitrogen and oxygen atoms in total. The minimum atomic E-state index is -4.61. The summed E-state index contributed by atoms with van der Waals surface area (Å²) in [4.78, 5) is 7.96. The zero-order valence-electron chi connectivity index (χ0n) is 12.0. The Kier molecular flexibility index (Phi) is 3.61. The van der Waals surface area contributed by atoms with Gasteiger partial charge < -0.3 is 5.84 Å². The summed E-state index contributed by atoms with van der Waals surface area (Å²) in [6.45, 7) is 0. The molecule has 4 heterocycles. The van der Waals surface area contributed by atoms with Gasteiger partial charge in [0.2, 0.25) is 5.16 Å².